The highest BCUT2D eigenvalue weighted by molar-refractivity contribution is 5.42. The van der Waals surface area contributed by atoms with Crippen molar-refractivity contribution >= 4 is 11.4 Å². The Morgan fingerprint density at radius 1 is 1.00 bits per heavy atom. The fraction of sp³-hybridized carbons (Fsp3) is 0. The molecule has 0 radical (unpaired) electrons. The molecule has 0 fully saturated rings. The Morgan fingerprint density at radius 2 is 1.38 bits per heavy atom. The zero-order valence-corrected chi connectivity index (χ0v) is 6.97. The first-order valence-corrected chi connectivity index (χ1v) is 3.00. The van der Waals surface area contributed by atoms with Gasteiger partial charge in [-0.15, -0.1) is 0 Å². The van der Waals surface area contributed by atoms with Crippen molar-refractivity contribution in [1.29, 1.82) is 0 Å². The molecule has 0 atom stereocenters. The molecule has 1 rings (SSSR count). The Balaban J connectivity index is 0.00000144. The van der Waals surface area contributed by atoms with Gasteiger partial charge in [0.15, 0.2) is 0 Å². The van der Waals surface area contributed by atoms with Crippen molar-refractivity contribution in [2.75, 3.05) is 0 Å². The number of halogens is 1. The minimum Gasteiger partial charge on any atom is -1.00 e. The van der Waals surface area contributed by atoms with E-state index in [9.17, 15) is 20.2 Å². The normalized spacial score (nSPS) is 8.62. The van der Waals surface area contributed by atoms with Crippen molar-refractivity contribution in [3.63, 3.8) is 0 Å². The van der Waals surface area contributed by atoms with Gasteiger partial charge in [0.25, 0.3) is 11.4 Å². The lowest BCUT2D eigenvalue weighted by Gasteiger charge is -1.90. The summed E-state index contributed by atoms with van der Waals surface area (Å²) in [5, 5.41) is 20.3. The van der Waals surface area contributed by atoms with Gasteiger partial charge in [-0.25, -0.2) is 0 Å². The monoisotopic (exact) mass is 203 g/mol. The Morgan fingerprint density at radius 3 is 1.69 bits per heavy atom. The number of nitrogens with zero attached hydrogens (tertiary/aromatic N) is 2. The van der Waals surface area contributed by atoms with E-state index in [1.54, 1.807) is 0 Å². The molecule has 0 amide bonds. The van der Waals surface area contributed by atoms with E-state index in [0.29, 0.717) is 0 Å². The lowest BCUT2D eigenvalue weighted by atomic mass is 10.3. The van der Waals surface area contributed by atoms with Gasteiger partial charge in [-0.05, 0) is 6.07 Å². The molecule has 0 unspecified atom stereocenters. The van der Waals surface area contributed by atoms with E-state index in [0.717, 1.165) is 6.07 Å². The smallest absolute Gasteiger partial charge is 0.276 e. The summed E-state index contributed by atoms with van der Waals surface area (Å²) in [6, 6.07) is 4.59. The van der Waals surface area contributed by atoms with Gasteiger partial charge in [-0.2, -0.15) is 0 Å². The van der Waals surface area contributed by atoms with Gasteiger partial charge >= 0.3 is 0 Å². The van der Waals surface area contributed by atoms with E-state index >= 15 is 0 Å². The first-order chi connectivity index (χ1) is 5.61. The topological polar surface area (TPSA) is 86.3 Å². The number of nitro groups is 2. The Bertz CT molecular complexity index is 312. The average molecular weight is 204 g/mol. The highest BCUT2D eigenvalue weighted by atomic mass is 35.5. The van der Waals surface area contributed by atoms with Crippen LogP contribution >= 0.6 is 0 Å². The number of nitro benzene ring substituents is 2. The van der Waals surface area contributed by atoms with Crippen LogP contribution in [0.2, 0.25) is 0 Å². The van der Waals surface area contributed by atoms with Gasteiger partial charge in [0.2, 0.25) is 0 Å². The van der Waals surface area contributed by atoms with Crippen LogP contribution in [0.3, 0.4) is 0 Å². The van der Waals surface area contributed by atoms with E-state index in [4.69, 9.17) is 0 Å². The van der Waals surface area contributed by atoms with E-state index < -0.39 is 9.85 Å². The summed E-state index contributed by atoms with van der Waals surface area (Å²) >= 11 is 0. The summed E-state index contributed by atoms with van der Waals surface area (Å²) in [4.78, 5) is 19.0. The number of hydrogen-bond acceptors (Lipinski definition) is 4. The molecule has 13 heavy (non-hydrogen) atoms. The predicted octanol–water partition coefficient (Wildman–Crippen LogP) is -1.49. The van der Waals surface area contributed by atoms with Crippen molar-refractivity contribution in [2.45, 2.75) is 0 Å². The molecule has 0 N–H and O–H groups in total. The van der Waals surface area contributed by atoms with Crippen LogP contribution in [0.4, 0.5) is 11.4 Å². The highest BCUT2D eigenvalue weighted by Crippen LogP contribution is 2.18. The van der Waals surface area contributed by atoms with Crippen LogP contribution in [0.25, 0.3) is 0 Å². The molecule has 70 valence electrons. The molecular weight excluding hydrogens is 200 g/mol. The Hall–Kier alpha value is -1.69. The molecule has 7 heteroatoms. The van der Waals surface area contributed by atoms with Crippen LogP contribution in [-0.2, 0) is 0 Å². The molecule has 0 aliphatic heterocycles. The van der Waals surface area contributed by atoms with Gasteiger partial charge in [0.1, 0.15) is 0 Å². The lowest BCUT2D eigenvalue weighted by molar-refractivity contribution is -0.394. The van der Waals surface area contributed by atoms with Crippen molar-refractivity contribution in [1.82, 2.24) is 0 Å². The van der Waals surface area contributed by atoms with Crippen molar-refractivity contribution in [3.05, 3.63) is 44.5 Å². The molecule has 0 spiro atoms. The summed E-state index contributed by atoms with van der Waals surface area (Å²) < 4.78 is 0. The standard InChI is InChI=1S/C6H4N2O4.ClH/c9-7(10)5-2-1-3-6(4-5)8(11)12;/h1-4H;1H/p-1. The third-order valence-electron chi connectivity index (χ3n) is 1.25. The van der Waals surface area contributed by atoms with E-state index in [1.807, 2.05) is 0 Å². The number of rotatable bonds is 2. The SMILES string of the molecule is O=[N+]([O-])c1cccc([N+](=O)[O-])c1.[Cl-]. The lowest BCUT2D eigenvalue weighted by Crippen LogP contribution is -3.00. The molecule has 6 nitrogen and oxygen atoms in total. The molecule has 0 aliphatic rings. The van der Waals surface area contributed by atoms with Crippen LogP contribution < -0.4 is 12.4 Å². The number of benzene rings is 1. The van der Waals surface area contributed by atoms with E-state index in [1.165, 1.54) is 18.2 Å². The van der Waals surface area contributed by atoms with Crippen molar-refractivity contribution in [3.8, 4) is 0 Å². The van der Waals surface area contributed by atoms with Crippen LogP contribution in [0.1, 0.15) is 0 Å². The molecule has 0 saturated carbocycles. The molecular formula is C6H4ClN2O4-. The number of non-ortho nitro benzene ring substituents is 2. The average Bonchev–Trinajstić information content (AvgIpc) is 2.04. The van der Waals surface area contributed by atoms with Crippen molar-refractivity contribution in [2.24, 2.45) is 0 Å². The van der Waals surface area contributed by atoms with Crippen LogP contribution in [0.15, 0.2) is 24.3 Å². The molecule has 0 saturated heterocycles. The van der Waals surface area contributed by atoms with Crippen LogP contribution in [0.5, 0.6) is 0 Å². The summed E-state index contributed by atoms with van der Waals surface area (Å²) in [7, 11) is 0. The second kappa shape index (κ2) is 4.36. The minimum absolute atomic E-state index is 0. The molecule has 0 aliphatic carbocycles. The fourth-order valence-corrected chi connectivity index (χ4v) is 0.720. The van der Waals surface area contributed by atoms with Crippen LogP contribution in [-0.4, -0.2) is 9.85 Å². The fourth-order valence-electron chi connectivity index (χ4n) is 0.720. The number of hydrogen-bond donors (Lipinski definition) is 0. The van der Waals surface area contributed by atoms with Gasteiger partial charge in [0, 0.05) is 12.1 Å². The second-order valence-electron chi connectivity index (χ2n) is 2.03. The Kier molecular flexibility index (Phi) is 3.80. The van der Waals surface area contributed by atoms with Gasteiger partial charge in [-0.3, -0.25) is 20.2 Å². The largest absolute Gasteiger partial charge is 1.00 e. The third-order valence-corrected chi connectivity index (χ3v) is 1.25. The minimum atomic E-state index is -0.674. The quantitative estimate of drug-likeness (QED) is 0.433. The van der Waals surface area contributed by atoms with Gasteiger partial charge < -0.3 is 12.4 Å². The maximum absolute atomic E-state index is 10.2. The molecule has 0 aromatic heterocycles. The summed E-state index contributed by atoms with van der Waals surface area (Å²) in [6.07, 6.45) is 0. The van der Waals surface area contributed by atoms with E-state index in [-0.39, 0.29) is 23.8 Å². The van der Waals surface area contributed by atoms with E-state index in [2.05, 4.69) is 0 Å². The van der Waals surface area contributed by atoms with Crippen LogP contribution in [0, 0.1) is 20.2 Å². The summed E-state index contributed by atoms with van der Waals surface area (Å²) in [6.45, 7) is 0. The zero-order valence-electron chi connectivity index (χ0n) is 6.21. The molecule has 0 bridgehead atoms. The first-order valence-electron chi connectivity index (χ1n) is 3.00. The van der Waals surface area contributed by atoms with Gasteiger partial charge in [0.05, 0.1) is 15.9 Å². The molecule has 1 aromatic rings. The molecule has 1 aromatic carbocycles. The first kappa shape index (κ1) is 11.3. The summed E-state index contributed by atoms with van der Waals surface area (Å²) in [5.74, 6) is 0. The maximum Gasteiger partial charge on any atom is 0.276 e. The highest BCUT2D eigenvalue weighted by Gasteiger charge is 2.11. The van der Waals surface area contributed by atoms with Crippen molar-refractivity contribution < 1.29 is 22.3 Å². The maximum atomic E-state index is 10.2. The molecule has 0 heterocycles. The predicted molar refractivity (Wildman–Crippen MR) is 39.8 cm³/mol. The Labute approximate surface area is 78.9 Å². The van der Waals surface area contributed by atoms with Gasteiger partial charge in [-0.1, -0.05) is 0 Å². The third kappa shape index (κ3) is 2.68. The summed E-state index contributed by atoms with van der Waals surface area (Å²) in [5.41, 5.74) is -0.548. The zero-order chi connectivity index (χ0) is 9.14. The second-order valence-corrected chi connectivity index (χ2v) is 2.03.